The van der Waals surface area contributed by atoms with Crippen molar-refractivity contribution < 1.29 is 33.6 Å². The van der Waals surface area contributed by atoms with Gasteiger partial charge in [0.2, 0.25) is 0 Å². The van der Waals surface area contributed by atoms with E-state index >= 15 is 0 Å². The van der Waals surface area contributed by atoms with E-state index in [2.05, 4.69) is 0 Å². The van der Waals surface area contributed by atoms with Crippen molar-refractivity contribution in [2.45, 2.75) is 38.8 Å². The van der Waals surface area contributed by atoms with Crippen molar-refractivity contribution >= 4 is 6.09 Å². The van der Waals surface area contributed by atoms with Crippen LogP contribution in [0.5, 0.6) is 17.2 Å². The molecule has 0 aromatic heterocycles. The molecule has 2 aromatic carbocycles. The first-order chi connectivity index (χ1) is 15.2. The van der Waals surface area contributed by atoms with E-state index in [4.69, 9.17) is 14.2 Å². The molecule has 7 nitrogen and oxygen atoms in total. The molecule has 2 N–H and O–H groups in total. The van der Waals surface area contributed by atoms with E-state index in [0.717, 1.165) is 5.56 Å². The Morgan fingerprint density at radius 2 is 1.84 bits per heavy atom. The smallest absolute Gasteiger partial charge is 0.407 e. The number of carbonyl (C=O) groups is 1. The predicted octanol–water partition coefficient (Wildman–Crippen LogP) is 4.14. The Morgan fingerprint density at radius 1 is 1.19 bits per heavy atom. The highest BCUT2D eigenvalue weighted by Crippen LogP contribution is 2.50. The van der Waals surface area contributed by atoms with Crippen LogP contribution in [-0.4, -0.2) is 60.2 Å². The average Bonchev–Trinajstić information content (AvgIpc) is 3.04. The largest absolute Gasteiger partial charge is 0.493 e. The number of amides is 1. The Bertz CT molecular complexity index is 935. The van der Waals surface area contributed by atoms with Gasteiger partial charge < -0.3 is 29.3 Å². The Kier molecular flexibility index (Phi) is 7.13. The molecular weight excluding hydrogens is 417 g/mol. The number of likely N-dealkylation sites (tertiary alicyclic amines) is 1. The summed E-state index contributed by atoms with van der Waals surface area (Å²) in [5.41, 5.74) is 0.190. The maximum absolute atomic E-state index is 13.0. The van der Waals surface area contributed by atoms with E-state index < -0.39 is 17.6 Å². The quantitative estimate of drug-likeness (QED) is 0.591. The second-order valence-electron chi connectivity index (χ2n) is 8.27. The van der Waals surface area contributed by atoms with Gasteiger partial charge in [0.05, 0.1) is 13.2 Å². The van der Waals surface area contributed by atoms with Gasteiger partial charge in [-0.25, -0.2) is 9.18 Å². The van der Waals surface area contributed by atoms with Crippen molar-refractivity contribution in [1.29, 1.82) is 0 Å². The molecule has 8 heteroatoms. The van der Waals surface area contributed by atoms with Crippen LogP contribution in [0.2, 0.25) is 0 Å². The van der Waals surface area contributed by atoms with E-state index in [9.17, 15) is 19.4 Å². The van der Waals surface area contributed by atoms with Crippen LogP contribution in [0.4, 0.5) is 9.18 Å². The van der Waals surface area contributed by atoms with Crippen LogP contribution in [0.1, 0.15) is 32.3 Å². The Balaban J connectivity index is 1.77. The number of aliphatic hydroxyl groups excluding tert-OH is 1. The van der Waals surface area contributed by atoms with Gasteiger partial charge in [-0.15, -0.1) is 0 Å². The normalized spacial score (nSPS) is 23.6. The number of hydrogen-bond acceptors (Lipinski definition) is 5. The summed E-state index contributed by atoms with van der Waals surface area (Å²) in [5.74, 6) is 1.02. The Morgan fingerprint density at radius 3 is 2.44 bits per heavy atom. The lowest BCUT2D eigenvalue weighted by Gasteiger charge is -2.38. The molecule has 4 atom stereocenters. The lowest BCUT2D eigenvalue weighted by Crippen LogP contribution is -2.45. The number of benzene rings is 2. The van der Waals surface area contributed by atoms with E-state index in [1.165, 1.54) is 17.0 Å². The summed E-state index contributed by atoms with van der Waals surface area (Å²) in [5, 5.41) is 20.2. The first kappa shape index (κ1) is 23.7. The molecule has 0 radical (unpaired) electrons. The second-order valence-corrected chi connectivity index (χ2v) is 8.27. The van der Waals surface area contributed by atoms with Gasteiger partial charge in [-0.1, -0.05) is 13.0 Å². The lowest BCUT2D eigenvalue weighted by molar-refractivity contribution is 0.0204. The minimum Gasteiger partial charge on any atom is -0.493 e. The fourth-order valence-corrected chi connectivity index (χ4v) is 4.39. The van der Waals surface area contributed by atoms with Gasteiger partial charge in [0.15, 0.2) is 11.5 Å². The molecule has 32 heavy (non-hydrogen) atoms. The molecule has 1 heterocycles. The van der Waals surface area contributed by atoms with Crippen LogP contribution in [0.15, 0.2) is 42.5 Å². The zero-order valence-electron chi connectivity index (χ0n) is 18.7. The predicted molar refractivity (Wildman–Crippen MR) is 117 cm³/mol. The lowest BCUT2D eigenvalue weighted by atomic mass is 9.69. The van der Waals surface area contributed by atoms with Gasteiger partial charge >= 0.3 is 6.09 Å². The van der Waals surface area contributed by atoms with Crippen molar-refractivity contribution in [2.24, 2.45) is 5.41 Å². The number of methoxy groups -OCH3 is 1. The van der Waals surface area contributed by atoms with Crippen molar-refractivity contribution in [1.82, 2.24) is 4.90 Å². The molecule has 1 amide bonds. The third-order valence-electron chi connectivity index (χ3n) is 6.66. The number of nitrogens with zero attached hydrogens (tertiary/aromatic N) is 1. The molecule has 0 spiro atoms. The van der Waals surface area contributed by atoms with Gasteiger partial charge in [-0.05, 0) is 55.8 Å². The monoisotopic (exact) mass is 447 g/mol. The maximum atomic E-state index is 13.0. The third kappa shape index (κ3) is 4.60. The molecule has 1 aliphatic rings. The summed E-state index contributed by atoms with van der Waals surface area (Å²) in [7, 11) is 1.54. The van der Waals surface area contributed by atoms with Crippen LogP contribution in [0.25, 0.3) is 0 Å². The minimum absolute atomic E-state index is 0.225. The van der Waals surface area contributed by atoms with Crippen LogP contribution >= 0.6 is 0 Å². The zero-order chi connectivity index (χ0) is 23.5. The van der Waals surface area contributed by atoms with E-state index in [1.807, 2.05) is 26.0 Å². The number of ether oxygens (including phenoxy) is 3. The molecule has 0 saturated carbocycles. The van der Waals surface area contributed by atoms with Crippen molar-refractivity contribution in [3.63, 3.8) is 0 Å². The highest BCUT2D eigenvalue weighted by atomic mass is 19.1. The van der Waals surface area contributed by atoms with Gasteiger partial charge in [0.25, 0.3) is 0 Å². The topological polar surface area (TPSA) is 88.5 Å². The summed E-state index contributed by atoms with van der Waals surface area (Å²) in [4.78, 5) is 13.1. The molecule has 1 saturated heterocycles. The zero-order valence-corrected chi connectivity index (χ0v) is 18.7. The SMILES string of the molecule is COc1ccc([C@@H]2CN(C(=O)O)C(C)[C@@]2(C)[C@@H](C)O)cc1OCCOc1ccc(F)cc1. The first-order valence-electron chi connectivity index (χ1n) is 10.5. The standard InChI is InChI=1S/C24H30FNO6/c1-15-24(3,16(2)27)20(14-26(15)23(28)29)17-5-10-21(30-4)22(13-17)32-12-11-31-19-8-6-18(25)7-9-19/h5-10,13,15-16,20,27H,11-12,14H2,1-4H3,(H,28,29)/t15?,16-,20+,24+/m1/s1. The fraction of sp³-hybridized carbons (Fsp3) is 0.458. The molecule has 3 rings (SSSR count). The van der Waals surface area contributed by atoms with Gasteiger partial charge in [0.1, 0.15) is 24.8 Å². The van der Waals surface area contributed by atoms with E-state index in [1.54, 1.807) is 32.2 Å². The van der Waals surface area contributed by atoms with Crippen molar-refractivity contribution in [2.75, 3.05) is 26.9 Å². The molecule has 1 fully saturated rings. The minimum atomic E-state index is -1.00. The van der Waals surface area contributed by atoms with Gasteiger partial charge in [0, 0.05) is 23.9 Å². The molecule has 174 valence electrons. The highest BCUT2D eigenvalue weighted by molar-refractivity contribution is 5.66. The van der Waals surface area contributed by atoms with Crippen LogP contribution in [0.3, 0.4) is 0 Å². The summed E-state index contributed by atoms with van der Waals surface area (Å²) < 4.78 is 29.9. The molecule has 0 bridgehead atoms. The van der Waals surface area contributed by atoms with E-state index in [0.29, 0.717) is 17.2 Å². The number of carboxylic acid groups (broad SMARTS) is 1. The van der Waals surface area contributed by atoms with Crippen molar-refractivity contribution in [3.8, 4) is 17.2 Å². The van der Waals surface area contributed by atoms with Crippen molar-refractivity contribution in [3.05, 3.63) is 53.8 Å². The highest BCUT2D eigenvalue weighted by Gasteiger charge is 2.53. The second kappa shape index (κ2) is 9.65. The summed E-state index contributed by atoms with van der Waals surface area (Å²) >= 11 is 0. The van der Waals surface area contributed by atoms with Crippen LogP contribution < -0.4 is 14.2 Å². The number of hydrogen-bond donors (Lipinski definition) is 2. The molecule has 1 unspecified atom stereocenters. The van der Waals surface area contributed by atoms with Crippen LogP contribution in [-0.2, 0) is 0 Å². The molecule has 2 aromatic rings. The van der Waals surface area contributed by atoms with Gasteiger partial charge in [-0.2, -0.15) is 0 Å². The van der Waals surface area contributed by atoms with Gasteiger partial charge in [-0.3, -0.25) is 0 Å². The Hall–Kier alpha value is -3.00. The number of aliphatic hydroxyl groups is 1. The summed E-state index contributed by atoms with van der Waals surface area (Å²) in [6, 6.07) is 10.9. The summed E-state index contributed by atoms with van der Waals surface area (Å²) in [6.07, 6.45) is -1.72. The maximum Gasteiger partial charge on any atom is 0.407 e. The fourth-order valence-electron chi connectivity index (χ4n) is 4.39. The first-order valence-corrected chi connectivity index (χ1v) is 10.5. The van der Waals surface area contributed by atoms with E-state index in [-0.39, 0.29) is 37.5 Å². The number of rotatable bonds is 8. The average molecular weight is 448 g/mol. The summed E-state index contributed by atoms with van der Waals surface area (Å²) in [6.45, 7) is 6.19. The molecular formula is C24H30FNO6. The molecule has 1 aliphatic heterocycles. The Labute approximate surface area is 187 Å². The molecule has 0 aliphatic carbocycles. The number of halogens is 1. The van der Waals surface area contributed by atoms with Crippen LogP contribution in [0, 0.1) is 11.2 Å². The third-order valence-corrected chi connectivity index (χ3v) is 6.66.